The van der Waals surface area contributed by atoms with E-state index >= 15 is 0 Å². The number of hydrogen-bond donors (Lipinski definition) is 3. The van der Waals surface area contributed by atoms with Crippen LogP contribution < -0.4 is 15.4 Å². The molecule has 27 heavy (non-hydrogen) atoms. The van der Waals surface area contributed by atoms with Gasteiger partial charge in [0.15, 0.2) is 0 Å². The Morgan fingerprint density at radius 1 is 1.00 bits per heavy atom. The number of amides is 1. The van der Waals surface area contributed by atoms with Crippen LogP contribution >= 0.6 is 0 Å². The van der Waals surface area contributed by atoms with Gasteiger partial charge in [0.05, 0.1) is 4.90 Å². The van der Waals surface area contributed by atoms with Crippen molar-refractivity contribution in [2.24, 2.45) is 0 Å². The van der Waals surface area contributed by atoms with Gasteiger partial charge in [0.1, 0.15) is 0 Å². The number of carbonyl (C=O) groups excluding carboxylic acids is 1. The number of benzene rings is 2. The first-order valence-electron chi connectivity index (χ1n) is 9.11. The minimum atomic E-state index is -3.54. The van der Waals surface area contributed by atoms with E-state index in [1.54, 1.807) is 26.0 Å². The maximum atomic E-state index is 12.6. The summed E-state index contributed by atoms with van der Waals surface area (Å²) in [5, 5.41) is 6.19. The standard InChI is InChI=1S/C20H25N3O3S/c1-14(2)23-27(25,26)19-7-5-18(6-8-19)22-20(24)17-4-3-15-9-11-21-12-10-16(15)13-17/h3-8,13-14,21,23H,9-12H2,1-2H3,(H,22,24). The molecule has 1 aliphatic heterocycles. The van der Waals surface area contributed by atoms with Crippen molar-refractivity contribution in [3.05, 3.63) is 59.2 Å². The molecule has 0 atom stereocenters. The zero-order valence-corrected chi connectivity index (χ0v) is 16.4. The van der Waals surface area contributed by atoms with Crippen molar-refractivity contribution in [1.82, 2.24) is 10.0 Å². The van der Waals surface area contributed by atoms with Crippen molar-refractivity contribution in [2.75, 3.05) is 18.4 Å². The molecule has 2 aromatic carbocycles. The average molecular weight is 388 g/mol. The predicted octanol–water partition coefficient (Wildman–Crippen LogP) is 2.31. The highest BCUT2D eigenvalue weighted by molar-refractivity contribution is 7.89. The Bertz CT molecular complexity index is 922. The molecule has 6 nitrogen and oxygen atoms in total. The molecule has 7 heteroatoms. The van der Waals surface area contributed by atoms with Crippen molar-refractivity contribution < 1.29 is 13.2 Å². The van der Waals surface area contributed by atoms with Gasteiger partial charge >= 0.3 is 0 Å². The van der Waals surface area contributed by atoms with E-state index in [1.807, 2.05) is 18.2 Å². The molecule has 1 heterocycles. The number of rotatable bonds is 5. The third kappa shape index (κ3) is 4.94. The zero-order chi connectivity index (χ0) is 19.4. The second-order valence-corrected chi connectivity index (χ2v) is 8.70. The van der Waals surface area contributed by atoms with E-state index in [1.165, 1.54) is 23.3 Å². The molecule has 0 aromatic heterocycles. The molecule has 3 rings (SSSR count). The van der Waals surface area contributed by atoms with Crippen LogP contribution in [0.2, 0.25) is 0 Å². The van der Waals surface area contributed by atoms with Crippen LogP contribution in [0.25, 0.3) is 0 Å². The number of anilines is 1. The van der Waals surface area contributed by atoms with Crippen molar-refractivity contribution in [3.63, 3.8) is 0 Å². The van der Waals surface area contributed by atoms with Crippen LogP contribution in [0.1, 0.15) is 35.3 Å². The first-order valence-corrected chi connectivity index (χ1v) is 10.6. The molecule has 0 aliphatic carbocycles. The topological polar surface area (TPSA) is 87.3 Å². The Hall–Kier alpha value is -2.22. The molecule has 0 fully saturated rings. The molecule has 0 bridgehead atoms. The van der Waals surface area contributed by atoms with Gasteiger partial charge in [-0.1, -0.05) is 6.07 Å². The van der Waals surface area contributed by atoms with Gasteiger partial charge < -0.3 is 10.6 Å². The fourth-order valence-electron chi connectivity index (χ4n) is 3.11. The van der Waals surface area contributed by atoms with Gasteiger partial charge in [-0.25, -0.2) is 13.1 Å². The molecule has 0 spiro atoms. The molecular weight excluding hydrogens is 362 g/mol. The molecule has 3 N–H and O–H groups in total. The zero-order valence-electron chi connectivity index (χ0n) is 15.6. The monoisotopic (exact) mass is 387 g/mol. The highest BCUT2D eigenvalue weighted by atomic mass is 32.2. The van der Waals surface area contributed by atoms with Crippen molar-refractivity contribution >= 4 is 21.6 Å². The van der Waals surface area contributed by atoms with Crippen LogP contribution in [0.15, 0.2) is 47.4 Å². The lowest BCUT2D eigenvalue weighted by Gasteiger charge is -2.11. The second kappa shape index (κ2) is 8.21. The Morgan fingerprint density at radius 2 is 1.67 bits per heavy atom. The number of hydrogen-bond acceptors (Lipinski definition) is 4. The van der Waals surface area contributed by atoms with E-state index < -0.39 is 10.0 Å². The number of sulfonamides is 1. The van der Waals surface area contributed by atoms with Gasteiger partial charge in [-0.3, -0.25) is 4.79 Å². The van der Waals surface area contributed by atoms with Crippen LogP contribution in [-0.4, -0.2) is 33.5 Å². The molecule has 0 radical (unpaired) electrons. The molecule has 1 amide bonds. The Balaban J connectivity index is 1.72. The van der Waals surface area contributed by atoms with Gasteiger partial charge in [-0.2, -0.15) is 0 Å². The van der Waals surface area contributed by atoms with Crippen molar-refractivity contribution in [2.45, 2.75) is 37.6 Å². The molecule has 0 unspecified atom stereocenters. The highest BCUT2D eigenvalue weighted by Gasteiger charge is 2.16. The smallest absolute Gasteiger partial charge is 0.255 e. The Kier molecular flexibility index (Phi) is 5.94. The third-order valence-corrected chi connectivity index (χ3v) is 6.10. The summed E-state index contributed by atoms with van der Waals surface area (Å²) in [6, 6.07) is 11.8. The fraction of sp³-hybridized carbons (Fsp3) is 0.350. The lowest BCUT2D eigenvalue weighted by molar-refractivity contribution is 0.102. The van der Waals surface area contributed by atoms with Gasteiger partial charge in [-0.05, 0) is 87.3 Å². The van der Waals surface area contributed by atoms with E-state index in [4.69, 9.17) is 0 Å². The maximum absolute atomic E-state index is 12.6. The van der Waals surface area contributed by atoms with Gasteiger partial charge in [0.2, 0.25) is 10.0 Å². The van der Waals surface area contributed by atoms with E-state index in [2.05, 4.69) is 15.4 Å². The lowest BCUT2D eigenvalue weighted by atomic mass is 10.00. The largest absolute Gasteiger partial charge is 0.322 e. The fourth-order valence-corrected chi connectivity index (χ4v) is 4.36. The van der Waals surface area contributed by atoms with Gasteiger partial charge in [-0.15, -0.1) is 0 Å². The average Bonchev–Trinajstić information content (AvgIpc) is 2.85. The molecule has 0 saturated heterocycles. The summed E-state index contributed by atoms with van der Waals surface area (Å²) in [5.41, 5.74) is 3.64. The van der Waals surface area contributed by atoms with E-state index in [9.17, 15) is 13.2 Å². The van der Waals surface area contributed by atoms with Crippen LogP contribution in [-0.2, 0) is 22.9 Å². The lowest BCUT2D eigenvalue weighted by Crippen LogP contribution is -2.30. The summed E-state index contributed by atoms with van der Waals surface area (Å²) in [6.45, 7) is 5.41. The number of fused-ring (bicyclic) bond motifs is 1. The van der Waals surface area contributed by atoms with E-state index in [0.717, 1.165) is 25.9 Å². The van der Waals surface area contributed by atoms with Crippen molar-refractivity contribution in [3.8, 4) is 0 Å². The third-order valence-electron chi connectivity index (χ3n) is 4.42. The van der Waals surface area contributed by atoms with Crippen LogP contribution in [0.3, 0.4) is 0 Å². The number of carbonyl (C=O) groups is 1. The SMILES string of the molecule is CC(C)NS(=O)(=O)c1ccc(NC(=O)c2ccc3c(c2)CCNCC3)cc1. The molecule has 2 aromatic rings. The quantitative estimate of drug-likeness (QED) is 0.735. The molecule has 144 valence electrons. The van der Waals surface area contributed by atoms with Crippen LogP contribution in [0.4, 0.5) is 5.69 Å². The van der Waals surface area contributed by atoms with E-state index in [-0.39, 0.29) is 16.8 Å². The second-order valence-electron chi connectivity index (χ2n) is 6.99. The minimum Gasteiger partial charge on any atom is -0.322 e. The molecular formula is C20H25N3O3S. The summed E-state index contributed by atoms with van der Waals surface area (Å²) >= 11 is 0. The highest BCUT2D eigenvalue weighted by Crippen LogP contribution is 2.18. The molecule has 1 aliphatic rings. The first-order chi connectivity index (χ1) is 12.8. The van der Waals surface area contributed by atoms with Crippen LogP contribution in [0, 0.1) is 0 Å². The van der Waals surface area contributed by atoms with Gasteiger partial charge in [0, 0.05) is 17.3 Å². The minimum absolute atomic E-state index is 0.173. The first kappa shape index (κ1) is 19.5. The van der Waals surface area contributed by atoms with Crippen molar-refractivity contribution in [1.29, 1.82) is 0 Å². The summed E-state index contributed by atoms with van der Waals surface area (Å²) in [7, 11) is -3.54. The maximum Gasteiger partial charge on any atom is 0.255 e. The summed E-state index contributed by atoms with van der Waals surface area (Å²) in [5.74, 6) is -0.203. The summed E-state index contributed by atoms with van der Waals surface area (Å²) in [4.78, 5) is 12.7. The number of nitrogens with one attached hydrogen (secondary N) is 3. The van der Waals surface area contributed by atoms with Crippen LogP contribution in [0.5, 0.6) is 0 Å². The predicted molar refractivity (Wildman–Crippen MR) is 107 cm³/mol. The Labute approximate surface area is 160 Å². The molecule has 0 saturated carbocycles. The normalized spacial score (nSPS) is 14.5. The van der Waals surface area contributed by atoms with E-state index in [0.29, 0.717) is 11.3 Å². The Morgan fingerprint density at radius 3 is 2.33 bits per heavy atom. The summed E-state index contributed by atoms with van der Waals surface area (Å²) < 4.78 is 26.9. The summed E-state index contributed by atoms with van der Waals surface area (Å²) in [6.07, 6.45) is 1.88. The van der Waals surface area contributed by atoms with Gasteiger partial charge in [0.25, 0.3) is 5.91 Å².